The Bertz CT molecular complexity index is 1530. The highest BCUT2D eigenvalue weighted by molar-refractivity contribution is 8.00. The van der Waals surface area contributed by atoms with Crippen LogP contribution in [-0.4, -0.2) is 22.4 Å². The number of nitrogens with zero attached hydrogens (tertiary/aromatic N) is 2. The number of carbonyl (C=O) groups is 1. The van der Waals surface area contributed by atoms with Crippen LogP contribution in [0.25, 0.3) is 21.7 Å². The molecule has 0 bridgehead atoms. The number of aromatic nitrogens is 1. The first-order valence-electron chi connectivity index (χ1n) is 11.7. The standard InChI is InChI=1S/C30H27N3OS/c1-21-10-8-16-26-27(22(2)33(30(21)26)19-23-11-4-3-5-12-23)18-31-32-29(34)20-35-28-17-9-14-24-13-6-7-15-25(24)28/h3-18H,19-20H2,1-2H3,(H,32,34)/b31-18-. The predicted octanol–water partition coefficient (Wildman–Crippen LogP) is 6.70. The third-order valence-electron chi connectivity index (χ3n) is 6.27. The summed E-state index contributed by atoms with van der Waals surface area (Å²) >= 11 is 1.53. The number of carbonyl (C=O) groups excluding carboxylic acids is 1. The third kappa shape index (κ3) is 4.86. The van der Waals surface area contributed by atoms with E-state index < -0.39 is 0 Å². The lowest BCUT2D eigenvalue weighted by atomic mass is 10.1. The summed E-state index contributed by atoms with van der Waals surface area (Å²) in [5, 5.41) is 7.80. The molecular formula is C30H27N3OS. The quantitative estimate of drug-likeness (QED) is 0.161. The van der Waals surface area contributed by atoms with E-state index in [1.165, 1.54) is 33.8 Å². The van der Waals surface area contributed by atoms with Gasteiger partial charge in [0.1, 0.15) is 0 Å². The molecule has 0 fully saturated rings. The van der Waals surface area contributed by atoms with Crippen LogP contribution in [-0.2, 0) is 11.3 Å². The van der Waals surface area contributed by atoms with Gasteiger partial charge in [-0.05, 0) is 41.8 Å². The second-order valence-electron chi connectivity index (χ2n) is 8.60. The molecule has 1 heterocycles. The number of para-hydroxylation sites is 1. The number of nitrogens with one attached hydrogen (secondary N) is 1. The van der Waals surface area contributed by atoms with Crippen LogP contribution >= 0.6 is 11.8 Å². The van der Waals surface area contributed by atoms with Crippen molar-refractivity contribution in [2.45, 2.75) is 25.3 Å². The highest BCUT2D eigenvalue weighted by atomic mass is 32.2. The number of fused-ring (bicyclic) bond motifs is 2. The summed E-state index contributed by atoms with van der Waals surface area (Å²) in [4.78, 5) is 13.6. The van der Waals surface area contributed by atoms with Crippen molar-refractivity contribution in [2.75, 3.05) is 5.75 Å². The van der Waals surface area contributed by atoms with Crippen LogP contribution in [0.3, 0.4) is 0 Å². The largest absolute Gasteiger partial charge is 0.340 e. The molecule has 1 N–H and O–H groups in total. The van der Waals surface area contributed by atoms with Gasteiger partial charge in [-0.3, -0.25) is 4.79 Å². The van der Waals surface area contributed by atoms with Gasteiger partial charge < -0.3 is 4.57 Å². The first-order valence-corrected chi connectivity index (χ1v) is 12.6. The van der Waals surface area contributed by atoms with Crippen LogP contribution in [0, 0.1) is 13.8 Å². The Morgan fingerprint density at radius 3 is 2.46 bits per heavy atom. The SMILES string of the molecule is Cc1cccc2c(/C=N\NC(=O)CSc3cccc4ccccc34)c(C)n(Cc3ccccc3)c12. The fourth-order valence-electron chi connectivity index (χ4n) is 4.54. The number of hydrogen-bond acceptors (Lipinski definition) is 3. The van der Waals surface area contributed by atoms with Gasteiger partial charge in [-0.1, -0.05) is 84.9 Å². The van der Waals surface area contributed by atoms with E-state index in [1.807, 2.05) is 24.3 Å². The van der Waals surface area contributed by atoms with E-state index in [2.05, 4.69) is 95.7 Å². The van der Waals surface area contributed by atoms with Gasteiger partial charge in [-0.15, -0.1) is 11.8 Å². The van der Waals surface area contributed by atoms with Gasteiger partial charge in [0.25, 0.3) is 0 Å². The summed E-state index contributed by atoms with van der Waals surface area (Å²) in [7, 11) is 0. The second kappa shape index (κ2) is 10.2. The minimum atomic E-state index is -0.124. The van der Waals surface area contributed by atoms with Crippen LogP contribution in [0.4, 0.5) is 0 Å². The smallest absolute Gasteiger partial charge is 0.250 e. The Morgan fingerprint density at radius 1 is 0.886 bits per heavy atom. The molecule has 1 amide bonds. The minimum absolute atomic E-state index is 0.124. The molecule has 174 valence electrons. The molecule has 0 saturated carbocycles. The monoisotopic (exact) mass is 477 g/mol. The van der Waals surface area contributed by atoms with Gasteiger partial charge in [-0.2, -0.15) is 5.10 Å². The Hall–Kier alpha value is -3.83. The van der Waals surface area contributed by atoms with Gasteiger partial charge in [-0.25, -0.2) is 5.43 Å². The molecule has 0 aliphatic carbocycles. The molecule has 0 spiro atoms. The van der Waals surface area contributed by atoms with Crippen molar-refractivity contribution in [2.24, 2.45) is 5.10 Å². The Labute approximate surface area is 209 Å². The van der Waals surface area contributed by atoms with E-state index in [0.717, 1.165) is 33.5 Å². The number of hydrazone groups is 1. The zero-order valence-electron chi connectivity index (χ0n) is 19.9. The molecule has 0 aliphatic heterocycles. The summed E-state index contributed by atoms with van der Waals surface area (Å²) in [6.45, 7) is 5.04. The molecule has 4 nitrogen and oxygen atoms in total. The zero-order valence-corrected chi connectivity index (χ0v) is 20.7. The van der Waals surface area contributed by atoms with Crippen molar-refractivity contribution in [3.63, 3.8) is 0 Å². The van der Waals surface area contributed by atoms with Crippen LogP contribution in [0.15, 0.2) is 101 Å². The summed E-state index contributed by atoms with van der Waals surface area (Å²) in [5.41, 5.74) is 8.54. The Balaban J connectivity index is 1.33. The van der Waals surface area contributed by atoms with Crippen molar-refractivity contribution < 1.29 is 4.79 Å². The second-order valence-corrected chi connectivity index (χ2v) is 9.62. The number of amides is 1. The maximum absolute atomic E-state index is 12.5. The van der Waals surface area contributed by atoms with Crippen molar-refractivity contribution in [3.8, 4) is 0 Å². The van der Waals surface area contributed by atoms with E-state index in [1.54, 1.807) is 6.21 Å². The predicted molar refractivity (Wildman–Crippen MR) is 147 cm³/mol. The van der Waals surface area contributed by atoms with Crippen molar-refractivity contribution in [1.29, 1.82) is 0 Å². The molecule has 0 atom stereocenters. The van der Waals surface area contributed by atoms with E-state index in [9.17, 15) is 4.79 Å². The van der Waals surface area contributed by atoms with Crippen LogP contribution < -0.4 is 5.43 Å². The molecule has 5 rings (SSSR count). The van der Waals surface area contributed by atoms with Gasteiger partial charge in [0, 0.05) is 28.1 Å². The van der Waals surface area contributed by atoms with E-state index in [0.29, 0.717) is 5.75 Å². The first-order chi connectivity index (χ1) is 17.1. The first kappa shape index (κ1) is 22.9. The average Bonchev–Trinajstić information content (AvgIpc) is 3.15. The van der Waals surface area contributed by atoms with Gasteiger partial charge in [0.2, 0.25) is 5.91 Å². The summed E-state index contributed by atoms with van der Waals surface area (Å²) in [5.74, 6) is 0.181. The molecular weight excluding hydrogens is 450 g/mol. The molecule has 5 aromatic rings. The molecule has 0 aliphatic rings. The molecule has 5 heteroatoms. The summed E-state index contributed by atoms with van der Waals surface area (Å²) in [6, 6.07) is 31.2. The van der Waals surface area contributed by atoms with Gasteiger partial charge in [0.05, 0.1) is 17.5 Å². The fraction of sp³-hybridized carbons (Fsp3) is 0.133. The molecule has 0 unspecified atom stereocenters. The lowest BCUT2D eigenvalue weighted by Gasteiger charge is -2.10. The lowest BCUT2D eigenvalue weighted by molar-refractivity contribution is -0.118. The number of benzene rings is 4. The van der Waals surface area contributed by atoms with Crippen LogP contribution in [0.5, 0.6) is 0 Å². The summed E-state index contributed by atoms with van der Waals surface area (Å²) < 4.78 is 2.33. The van der Waals surface area contributed by atoms with Crippen molar-refractivity contribution in [3.05, 3.63) is 113 Å². The van der Waals surface area contributed by atoms with E-state index in [-0.39, 0.29) is 5.91 Å². The molecule has 1 aromatic heterocycles. The molecule has 4 aromatic carbocycles. The molecule has 35 heavy (non-hydrogen) atoms. The third-order valence-corrected chi connectivity index (χ3v) is 7.34. The van der Waals surface area contributed by atoms with E-state index in [4.69, 9.17) is 0 Å². The van der Waals surface area contributed by atoms with Crippen molar-refractivity contribution >= 4 is 45.6 Å². The average molecular weight is 478 g/mol. The van der Waals surface area contributed by atoms with Crippen molar-refractivity contribution in [1.82, 2.24) is 9.99 Å². The number of thioether (sulfide) groups is 1. The summed E-state index contributed by atoms with van der Waals surface area (Å²) in [6.07, 6.45) is 1.78. The number of rotatable bonds is 7. The molecule has 0 radical (unpaired) electrons. The van der Waals surface area contributed by atoms with Gasteiger partial charge >= 0.3 is 0 Å². The van der Waals surface area contributed by atoms with Gasteiger partial charge in [0.15, 0.2) is 0 Å². The number of hydrogen-bond donors (Lipinski definition) is 1. The topological polar surface area (TPSA) is 46.4 Å². The Morgan fingerprint density at radius 2 is 1.60 bits per heavy atom. The van der Waals surface area contributed by atoms with E-state index >= 15 is 0 Å². The maximum Gasteiger partial charge on any atom is 0.250 e. The fourth-order valence-corrected chi connectivity index (χ4v) is 5.40. The normalized spacial score (nSPS) is 11.5. The zero-order chi connectivity index (χ0) is 24.2. The lowest BCUT2D eigenvalue weighted by Crippen LogP contribution is -2.19. The molecule has 0 saturated heterocycles. The highest BCUT2D eigenvalue weighted by Gasteiger charge is 2.15. The van der Waals surface area contributed by atoms with Crippen LogP contribution in [0.1, 0.15) is 22.4 Å². The minimum Gasteiger partial charge on any atom is -0.340 e. The number of aryl methyl sites for hydroxylation is 1. The Kier molecular flexibility index (Phi) is 6.68. The highest BCUT2D eigenvalue weighted by Crippen LogP contribution is 2.29. The maximum atomic E-state index is 12.5. The van der Waals surface area contributed by atoms with Crippen LogP contribution in [0.2, 0.25) is 0 Å².